The number of aromatic nitrogens is 5. The van der Waals surface area contributed by atoms with Crippen LogP contribution in [-0.4, -0.2) is 73.7 Å². The fraction of sp³-hybridized carbons (Fsp3) is 0.296. The third-order valence-corrected chi connectivity index (χ3v) is 6.57. The van der Waals surface area contributed by atoms with E-state index in [9.17, 15) is 4.79 Å². The van der Waals surface area contributed by atoms with Crippen molar-refractivity contribution in [2.24, 2.45) is 7.05 Å². The molecule has 0 spiro atoms. The number of benzene rings is 1. The van der Waals surface area contributed by atoms with Crippen LogP contribution in [0.5, 0.6) is 0 Å². The lowest BCUT2D eigenvalue weighted by atomic mass is 10.1. The number of nitrogen functional groups attached to an aromatic ring is 1. The topological polar surface area (TPSA) is 118 Å². The number of carbonyl (C=O) groups is 1. The van der Waals surface area contributed by atoms with Gasteiger partial charge in [-0.1, -0.05) is 12.0 Å². The number of nitrogens with two attached hydrogens (primary N) is 1. The van der Waals surface area contributed by atoms with Crippen LogP contribution >= 0.6 is 0 Å². The van der Waals surface area contributed by atoms with Crippen molar-refractivity contribution in [1.82, 2.24) is 34.5 Å². The number of amides is 1. The minimum atomic E-state index is -0.247. The molecule has 0 atom stereocenters. The van der Waals surface area contributed by atoms with Gasteiger partial charge in [-0.2, -0.15) is 5.10 Å². The maximum absolute atomic E-state index is 12.9. The highest BCUT2D eigenvalue weighted by molar-refractivity contribution is 6.04. The van der Waals surface area contributed by atoms with Crippen LogP contribution in [0.1, 0.15) is 32.7 Å². The van der Waals surface area contributed by atoms with E-state index in [1.54, 1.807) is 24.0 Å². The SMILES string of the molecule is Cc1cc(NC(=O)c2cncc(C#Cc3nn(C)c4ncnc(N)c34)c2)ccc1CN1CCN(C)CC1. The Balaban J connectivity index is 1.28. The Kier molecular flexibility index (Phi) is 6.81. The van der Waals surface area contributed by atoms with Gasteiger partial charge in [0.05, 0.1) is 10.9 Å². The van der Waals surface area contributed by atoms with Crippen molar-refractivity contribution >= 4 is 28.4 Å². The van der Waals surface area contributed by atoms with Gasteiger partial charge in [0, 0.05) is 63.4 Å². The van der Waals surface area contributed by atoms with Crippen LogP contribution < -0.4 is 11.1 Å². The Bertz CT molecular complexity index is 1520. The van der Waals surface area contributed by atoms with E-state index in [0.29, 0.717) is 33.7 Å². The van der Waals surface area contributed by atoms with Gasteiger partial charge in [-0.05, 0) is 49.2 Å². The number of hydrogen-bond acceptors (Lipinski definition) is 8. The van der Waals surface area contributed by atoms with E-state index >= 15 is 0 Å². The summed E-state index contributed by atoms with van der Waals surface area (Å²) < 4.78 is 1.61. The highest BCUT2D eigenvalue weighted by Gasteiger charge is 2.16. The average molecular weight is 496 g/mol. The monoisotopic (exact) mass is 495 g/mol. The molecule has 1 amide bonds. The molecule has 1 saturated heterocycles. The van der Waals surface area contributed by atoms with E-state index in [1.165, 1.54) is 18.1 Å². The number of hydrogen-bond donors (Lipinski definition) is 2. The van der Waals surface area contributed by atoms with Crippen LogP contribution in [-0.2, 0) is 13.6 Å². The summed E-state index contributed by atoms with van der Waals surface area (Å²) in [6, 6.07) is 7.76. The van der Waals surface area contributed by atoms with Crippen LogP contribution in [0.25, 0.3) is 11.0 Å². The molecule has 4 heterocycles. The molecule has 4 aromatic rings. The van der Waals surface area contributed by atoms with Gasteiger partial charge < -0.3 is 16.0 Å². The summed E-state index contributed by atoms with van der Waals surface area (Å²) in [6.45, 7) is 7.31. The van der Waals surface area contributed by atoms with E-state index in [2.05, 4.69) is 67.0 Å². The van der Waals surface area contributed by atoms with Crippen molar-refractivity contribution < 1.29 is 4.79 Å². The molecule has 0 aliphatic carbocycles. The summed E-state index contributed by atoms with van der Waals surface area (Å²) >= 11 is 0. The molecule has 0 saturated carbocycles. The largest absolute Gasteiger partial charge is 0.383 e. The minimum absolute atomic E-state index is 0.247. The molecule has 37 heavy (non-hydrogen) atoms. The first-order valence-corrected chi connectivity index (χ1v) is 12.1. The van der Waals surface area contributed by atoms with Crippen molar-refractivity contribution in [3.63, 3.8) is 0 Å². The summed E-state index contributed by atoms with van der Waals surface area (Å²) in [6.07, 6.45) is 4.52. The molecule has 188 valence electrons. The maximum Gasteiger partial charge on any atom is 0.257 e. The van der Waals surface area contributed by atoms with E-state index in [4.69, 9.17) is 5.73 Å². The average Bonchev–Trinajstić information content (AvgIpc) is 3.22. The van der Waals surface area contributed by atoms with E-state index in [1.807, 2.05) is 12.1 Å². The third-order valence-electron chi connectivity index (χ3n) is 6.57. The number of likely N-dealkylation sites (N-methyl/N-ethyl adjacent to an activating group) is 1. The number of carbonyl (C=O) groups excluding carboxylic acids is 1. The second-order valence-electron chi connectivity index (χ2n) is 9.32. The molecule has 0 unspecified atom stereocenters. The molecule has 10 nitrogen and oxygen atoms in total. The lowest BCUT2D eigenvalue weighted by molar-refractivity contribution is 0.102. The fourth-order valence-corrected chi connectivity index (χ4v) is 4.36. The Morgan fingerprint density at radius 2 is 1.89 bits per heavy atom. The number of pyridine rings is 1. The molecule has 1 aromatic carbocycles. The first-order valence-electron chi connectivity index (χ1n) is 12.1. The normalized spacial score (nSPS) is 14.4. The number of rotatable bonds is 4. The van der Waals surface area contributed by atoms with Gasteiger partial charge in [0.15, 0.2) is 5.65 Å². The molecule has 5 rings (SSSR count). The molecule has 10 heteroatoms. The molecule has 1 fully saturated rings. The zero-order chi connectivity index (χ0) is 25.9. The van der Waals surface area contributed by atoms with Crippen molar-refractivity contribution in [2.45, 2.75) is 13.5 Å². The van der Waals surface area contributed by atoms with E-state index in [-0.39, 0.29) is 5.91 Å². The van der Waals surface area contributed by atoms with Gasteiger partial charge in [0.1, 0.15) is 17.8 Å². The van der Waals surface area contributed by atoms with Crippen molar-refractivity contribution in [2.75, 3.05) is 44.3 Å². The van der Waals surface area contributed by atoms with Gasteiger partial charge >= 0.3 is 0 Å². The number of piperazine rings is 1. The summed E-state index contributed by atoms with van der Waals surface area (Å²) in [4.78, 5) is 30.2. The number of nitrogens with one attached hydrogen (secondary N) is 1. The molecule has 0 radical (unpaired) electrons. The quantitative estimate of drug-likeness (QED) is 0.413. The second kappa shape index (κ2) is 10.3. The lowest BCUT2D eigenvalue weighted by Gasteiger charge is -2.32. The van der Waals surface area contributed by atoms with Crippen LogP contribution in [0.15, 0.2) is 43.0 Å². The Hall–Kier alpha value is -4.33. The Morgan fingerprint density at radius 1 is 1.08 bits per heavy atom. The lowest BCUT2D eigenvalue weighted by Crippen LogP contribution is -2.43. The van der Waals surface area contributed by atoms with Gasteiger partial charge in [0.2, 0.25) is 0 Å². The highest BCUT2D eigenvalue weighted by atomic mass is 16.1. The molecular weight excluding hydrogens is 466 g/mol. The van der Waals surface area contributed by atoms with Gasteiger partial charge in [-0.3, -0.25) is 14.7 Å². The fourth-order valence-electron chi connectivity index (χ4n) is 4.36. The van der Waals surface area contributed by atoms with Crippen LogP contribution in [0, 0.1) is 18.8 Å². The third kappa shape index (κ3) is 5.43. The van der Waals surface area contributed by atoms with E-state index < -0.39 is 0 Å². The summed E-state index contributed by atoms with van der Waals surface area (Å²) in [7, 11) is 3.93. The van der Waals surface area contributed by atoms with Crippen LogP contribution in [0.2, 0.25) is 0 Å². The smallest absolute Gasteiger partial charge is 0.257 e. The van der Waals surface area contributed by atoms with Crippen LogP contribution in [0.3, 0.4) is 0 Å². The number of fused-ring (bicyclic) bond motifs is 1. The zero-order valence-electron chi connectivity index (χ0n) is 21.2. The predicted octanol–water partition coefficient (Wildman–Crippen LogP) is 2.05. The van der Waals surface area contributed by atoms with Gasteiger partial charge in [-0.25, -0.2) is 14.6 Å². The molecule has 0 bridgehead atoms. The first kappa shape index (κ1) is 24.4. The van der Waals surface area contributed by atoms with Crippen molar-refractivity contribution in [3.05, 3.63) is 70.9 Å². The first-order chi connectivity index (χ1) is 17.9. The number of nitrogens with zero attached hydrogens (tertiary/aromatic N) is 7. The van der Waals surface area contributed by atoms with Gasteiger partial charge in [-0.15, -0.1) is 0 Å². The standard InChI is InChI=1S/C27H29N9O/c1-18-12-22(6-5-20(18)16-36-10-8-34(2)9-11-36)32-27(37)21-13-19(14-29-15-21)4-7-23-24-25(28)30-17-31-26(24)35(3)33-23/h5-6,12-15,17H,8-11,16H2,1-3H3,(H,32,37)(H2,28,30,31). The van der Waals surface area contributed by atoms with Crippen molar-refractivity contribution in [3.8, 4) is 11.8 Å². The minimum Gasteiger partial charge on any atom is -0.383 e. The number of aryl methyl sites for hydroxylation is 2. The molecular formula is C27H29N9O. The van der Waals surface area contributed by atoms with Crippen molar-refractivity contribution in [1.29, 1.82) is 0 Å². The predicted molar refractivity (Wildman–Crippen MR) is 143 cm³/mol. The maximum atomic E-state index is 12.9. The second-order valence-corrected chi connectivity index (χ2v) is 9.32. The Morgan fingerprint density at radius 3 is 2.68 bits per heavy atom. The molecule has 1 aliphatic rings. The van der Waals surface area contributed by atoms with Gasteiger partial charge in [0.25, 0.3) is 5.91 Å². The van der Waals surface area contributed by atoms with E-state index in [0.717, 1.165) is 44.0 Å². The molecule has 3 N–H and O–H groups in total. The summed E-state index contributed by atoms with van der Waals surface area (Å²) in [5.74, 6) is 6.11. The Labute approximate surface area is 215 Å². The highest BCUT2D eigenvalue weighted by Crippen LogP contribution is 2.20. The molecule has 3 aromatic heterocycles. The van der Waals surface area contributed by atoms with Crippen LogP contribution in [0.4, 0.5) is 11.5 Å². The number of anilines is 2. The zero-order valence-corrected chi connectivity index (χ0v) is 21.2. The molecule has 1 aliphatic heterocycles. The summed E-state index contributed by atoms with van der Waals surface area (Å²) in [5.41, 5.74) is 11.3. The summed E-state index contributed by atoms with van der Waals surface area (Å²) in [5, 5.41) is 7.97.